The zero-order chi connectivity index (χ0) is 16.3. The molecule has 22 heavy (non-hydrogen) atoms. The number of piperidine rings is 1. The fraction of sp³-hybridized carbons (Fsp3) is 0.438. The molecule has 6 heteroatoms. The highest BCUT2D eigenvalue weighted by atomic mass is 16.4. The number of carboxylic acids is 1. The molecule has 1 aliphatic heterocycles. The number of aliphatic carboxylic acids is 1. The molecule has 6 nitrogen and oxygen atoms in total. The molecule has 1 fully saturated rings. The van der Waals surface area contributed by atoms with Crippen molar-refractivity contribution in [3.05, 3.63) is 35.4 Å². The molecule has 118 valence electrons. The number of carboxylic acid groups (broad SMARTS) is 1. The van der Waals surface area contributed by atoms with Crippen molar-refractivity contribution < 1.29 is 19.5 Å². The molecule has 0 spiro atoms. The molecule has 1 aromatic carbocycles. The molecule has 0 radical (unpaired) electrons. The van der Waals surface area contributed by atoms with E-state index in [-0.39, 0.29) is 24.4 Å². The van der Waals surface area contributed by atoms with Gasteiger partial charge in [-0.2, -0.15) is 0 Å². The van der Waals surface area contributed by atoms with E-state index in [1.807, 2.05) is 6.92 Å². The number of nitrogens with one attached hydrogen (secondary N) is 1. The molecule has 0 aromatic heterocycles. The highest BCUT2D eigenvalue weighted by Crippen LogP contribution is 2.24. The van der Waals surface area contributed by atoms with Crippen molar-refractivity contribution in [2.45, 2.75) is 25.8 Å². The number of likely N-dealkylation sites (tertiary alicyclic amines) is 1. The number of carbonyl (C=O) groups is 3. The minimum absolute atomic E-state index is 0.00763. The molecule has 2 rings (SSSR count). The Morgan fingerprint density at radius 2 is 1.91 bits per heavy atom. The standard InChI is InChI=1S/C16H20N2O4/c1-10-6-7-13(16(21)22)9-18(10)15(20)12-5-3-4-11(8-12)14(19)17-2/h3-5,8,10,13H,6-7,9H2,1-2H3,(H,17,19)(H,21,22). The number of rotatable bonds is 3. The minimum Gasteiger partial charge on any atom is -0.481 e. The van der Waals surface area contributed by atoms with Gasteiger partial charge in [0.15, 0.2) is 0 Å². The van der Waals surface area contributed by atoms with Gasteiger partial charge in [0.05, 0.1) is 5.92 Å². The van der Waals surface area contributed by atoms with E-state index < -0.39 is 11.9 Å². The van der Waals surface area contributed by atoms with Gasteiger partial charge in [-0.3, -0.25) is 14.4 Å². The Bertz CT molecular complexity index is 600. The van der Waals surface area contributed by atoms with Gasteiger partial charge in [0.1, 0.15) is 0 Å². The first-order chi connectivity index (χ1) is 10.4. The lowest BCUT2D eigenvalue weighted by Crippen LogP contribution is -2.47. The summed E-state index contributed by atoms with van der Waals surface area (Å²) in [6.45, 7) is 2.12. The summed E-state index contributed by atoms with van der Waals surface area (Å²) < 4.78 is 0. The van der Waals surface area contributed by atoms with Gasteiger partial charge in [-0.05, 0) is 38.0 Å². The highest BCUT2D eigenvalue weighted by Gasteiger charge is 2.33. The molecule has 1 saturated heterocycles. The molecule has 1 aliphatic rings. The Labute approximate surface area is 129 Å². The predicted octanol–water partition coefficient (Wildman–Crippen LogP) is 1.37. The Kier molecular flexibility index (Phi) is 4.80. The van der Waals surface area contributed by atoms with Crippen molar-refractivity contribution in [2.24, 2.45) is 5.92 Å². The average molecular weight is 304 g/mol. The summed E-state index contributed by atoms with van der Waals surface area (Å²) in [5.41, 5.74) is 0.812. The zero-order valence-corrected chi connectivity index (χ0v) is 12.7. The van der Waals surface area contributed by atoms with Crippen LogP contribution in [-0.4, -0.2) is 47.4 Å². The second kappa shape index (κ2) is 6.60. The Morgan fingerprint density at radius 1 is 1.23 bits per heavy atom. The molecule has 1 aromatic rings. The van der Waals surface area contributed by atoms with Crippen LogP contribution in [0.15, 0.2) is 24.3 Å². The number of benzene rings is 1. The summed E-state index contributed by atoms with van der Waals surface area (Å²) in [4.78, 5) is 37.0. The molecule has 2 unspecified atom stereocenters. The van der Waals surface area contributed by atoms with Gasteiger partial charge in [-0.15, -0.1) is 0 Å². The Morgan fingerprint density at radius 3 is 2.55 bits per heavy atom. The molecule has 0 saturated carbocycles. The van der Waals surface area contributed by atoms with E-state index in [1.165, 1.54) is 13.1 Å². The van der Waals surface area contributed by atoms with E-state index in [4.69, 9.17) is 5.11 Å². The smallest absolute Gasteiger partial charge is 0.308 e. The highest BCUT2D eigenvalue weighted by molar-refractivity contribution is 5.99. The van der Waals surface area contributed by atoms with E-state index >= 15 is 0 Å². The Hall–Kier alpha value is -2.37. The lowest BCUT2D eigenvalue weighted by Gasteiger charge is -2.36. The summed E-state index contributed by atoms with van der Waals surface area (Å²) in [5, 5.41) is 11.7. The third-order valence-electron chi connectivity index (χ3n) is 4.09. The van der Waals surface area contributed by atoms with Gasteiger partial charge in [-0.25, -0.2) is 0 Å². The van der Waals surface area contributed by atoms with E-state index in [1.54, 1.807) is 23.1 Å². The summed E-state index contributed by atoms with van der Waals surface area (Å²) in [7, 11) is 1.53. The van der Waals surface area contributed by atoms with Gasteiger partial charge >= 0.3 is 5.97 Å². The van der Waals surface area contributed by atoms with Gasteiger partial charge in [0.2, 0.25) is 0 Å². The molecule has 1 heterocycles. The summed E-state index contributed by atoms with van der Waals surface area (Å²) in [6.07, 6.45) is 1.25. The van der Waals surface area contributed by atoms with Crippen LogP contribution in [0.4, 0.5) is 0 Å². The second-order valence-electron chi connectivity index (χ2n) is 5.58. The van der Waals surface area contributed by atoms with Crippen LogP contribution in [0, 0.1) is 5.92 Å². The predicted molar refractivity (Wildman–Crippen MR) is 80.7 cm³/mol. The average Bonchev–Trinajstić information content (AvgIpc) is 2.53. The molecular weight excluding hydrogens is 284 g/mol. The maximum Gasteiger partial charge on any atom is 0.308 e. The van der Waals surface area contributed by atoms with Crippen LogP contribution < -0.4 is 5.32 Å². The lowest BCUT2D eigenvalue weighted by molar-refractivity contribution is -0.143. The van der Waals surface area contributed by atoms with Crippen molar-refractivity contribution >= 4 is 17.8 Å². The first-order valence-electron chi connectivity index (χ1n) is 7.30. The zero-order valence-electron chi connectivity index (χ0n) is 12.7. The van der Waals surface area contributed by atoms with Gasteiger partial charge in [0.25, 0.3) is 11.8 Å². The van der Waals surface area contributed by atoms with E-state index in [0.29, 0.717) is 24.0 Å². The second-order valence-corrected chi connectivity index (χ2v) is 5.58. The van der Waals surface area contributed by atoms with E-state index in [2.05, 4.69) is 5.32 Å². The van der Waals surface area contributed by atoms with Crippen molar-refractivity contribution in [3.63, 3.8) is 0 Å². The molecule has 2 N–H and O–H groups in total. The molecule has 2 amide bonds. The van der Waals surface area contributed by atoms with Crippen LogP contribution in [-0.2, 0) is 4.79 Å². The number of nitrogens with zero attached hydrogens (tertiary/aromatic N) is 1. The fourth-order valence-electron chi connectivity index (χ4n) is 2.70. The number of hydrogen-bond acceptors (Lipinski definition) is 3. The van der Waals surface area contributed by atoms with Crippen LogP contribution in [0.3, 0.4) is 0 Å². The topological polar surface area (TPSA) is 86.7 Å². The SMILES string of the molecule is CNC(=O)c1cccc(C(=O)N2CC(C(=O)O)CCC2C)c1. The van der Waals surface area contributed by atoms with Crippen molar-refractivity contribution in [2.75, 3.05) is 13.6 Å². The monoisotopic (exact) mass is 304 g/mol. The lowest BCUT2D eigenvalue weighted by atomic mass is 9.93. The number of carbonyl (C=O) groups excluding carboxylic acids is 2. The Balaban J connectivity index is 2.22. The van der Waals surface area contributed by atoms with Crippen LogP contribution in [0.25, 0.3) is 0 Å². The minimum atomic E-state index is -0.871. The third-order valence-corrected chi connectivity index (χ3v) is 4.09. The molecule has 0 bridgehead atoms. The normalized spacial score (nSPS) is 21.3. The van der Waals surface area contributed by atoms with Crippen LogP contribution in [0.2, 0.25) is 0 Å². The van der Waals surface area contributed by atoms with Crippen molar-refractivity contribution in [1.29, 1.82) is 0 Å². The third kappa shape index (κ3) is 3.27. The largest absolute Gasteiger partial charge is 0.481 e. The van der Waals surface area contributed by atoms with E-state index in [0.717, 1.165) is 0 Å². The first kappa shape index (κ1) is 16.0. The summed E-state index contributed by atoms with van der Waals surface area (Å²) in [6, 6.07) is 6.47. The van der Waals surface area contributed by atoms with Crippen molar-refractivity contribution in [3.8, 4) is 0 Å². The summed E-state index contributed by atoms with van der Waals surface area (Å²) >= 11 is 0. The number of hydrogen-bond donors (Lipinski definition) is 2. The quantitative estimate of drug-likeness (QED) is 0.883. The van der Waals surface area contributed by atoms with Crippen LogP contribution in [0.1, 0.15) is 40.5 Å². The van der Waals surface area contributed by atoms with Crippen LogP contribution in [0.5, 0.6) is 0 Å². The molecule has 0 aliphatic carbocycles. The van der Waals surface area contributed by atoms with Gasteiger partial charge in [0, 0.05) is 30.8 Å². The maximum atomic E-state index is 12.6. The van der Waals surface area contributed by atoms with Crippen LogP contribution >= 0.6 is 0 Å². The molecule has 2 atom stereocenters. The molecular formula is C16H20N2O4. The van der Waals surface area contributed by atoms with Crippen molar-refractivity contribution in [1.82, 2.24) is 10.2 Å². The van der Waals surface area contributed by atoms with Gasteiger partial charge in [-0.1, -0.05) is 6.07 Å². The number of amides is 2. The maximum absolute atomic E-state index is 12.6. The fourth-order valence-corrected chi connectivity index (χ4v) is 2.70. The summed E-state index contributed by atoms with van der Waals surface area (Å²) in [5.74, 6) is -1.89. The van der Waals surface area contributed by atoms with E-state index in [9.17, 15) is 14.4 Å². The first-order valence-corrected chi connectivity index (χ1v) is 7.30. The van der Waals surface area contributed by atoms with Gasteiger partial charge < -0.3 is 15.3 Å².